The number of aromatic nitrogens is 3. The Labute approximate surface area is 169 Å². The van der Waals surface area contributed by atoms with Crippen molar-refractivity contribution in [2.45, 2.75) is 24.2 Å². The molecule has 1 aliphatic rings. The van der Waals surface area contributed by atoms with Gasteiger partial charge in [0.25, 0.3) is 0 Å². The predicted octanol–water partition coefficient (Wildman–Crippen LogP) is 2.75. The smallest absolute Gasteiger partial charge is 0.230 e. The molecule has 0 spiro atoms. The van der Waals surface area contributed by atoms with Crippen LogP contribution < -0.4 is 5.32 Å². The zero-order chi connectivity index (χ0) is 19.2. The number of likely N-dealkylation sites (tertiary alicyclic amines) is 1. The molecule has 0 aliphatic carbocycles. The highest BCUT2D eigenvalue weighted by Gasteiger charge is 2.23. The van der Waals surface area contributed by atoms with E-state index in [9.17, 15) is 4.79 Å². The summed E-state index contributed by atoms with van der Waals surface area (Å²) < 4.78 is 1.72. The van der Waals surface area contributed by atoms with Gasteiger partial charge < -0.3 is 5.32 Å². The fourth-order valence-electron chi connectivity index (χ4n) is 3.35. The Morgan fingerprint density at radius 2 is 1.86 bits per heavy atom. The molecular weight excluding hydrogens is 370 g/mol. The Kier molecular flexibility index (Phi) is 6.04. The van der Waals surface area contributed by atoms with Gasteiger partial charge in [0, 0.05) is 25.7 Å². The molecule has 1 N–H and O–H groups in total. The van der Waals surface area contributed by atoms with Crippen molar-refractivity contribution >= 4 is 17.7 Å². The molecule has 144 valence electrons. The van der Waals surface area contributed by atoms with Crippen LogP contribution >= 0.6 is 11.8 Å². The maximum absolute atomic E-state index is 12.3. The van der Waals surface area contributed by atoms with Crippen molar-refractivity contribution in [3.63, 3.8) is 0 Å². The SMILES string of the molecule is O=C(CSc1ncn(-c2ccccc2)n1)NC1CCN(Cc2ccccc2)C1. The summed E-state index contributed by atoms with van der Waals surface area (Å²) in [4.78, 5) is 19.0. The summed E-state index contributed by atoms with van der Waals surface area (Å²) in [5, 5.41) is 8.17. The molecule has 0 radical (unpaired) electrons. The monoisotopic (exact) mass is 393 g/mol. The lowest BCUT2D eigenvalue weighted by Crippen LogP contribution is -2.38. The van der Waals surface area contributed by atoms with Gasteiger partial charge in [0.05, 0.1) is 11.4 Å². The number of hydrogen-bond donors (Lipinski definition) is 1. The summed E-state index contributed by atoms with van der Waals surface area (Å²) in [5.74, 6) is 0.362. The zero-order valence-electron chi connectivity index (χ0n) is 15.6. The number of carbonyl (C=O) groups is 1. The van der Waals surface area contributed by atoms with Crippen molar-refractivity contribution in [3.05, 3.63) is 72.6 Å². The lowest BCUT2D eigenvalue weighted by Gasteiger charge is -2.16. The maximum atomic E-state index is 12.3. The van der Waals surface area contributed by atoms with Crippen LogP contribution in [0.2, 0.25) is 0 Å². The number of amides is 1. The van der Waals surface area contributed by atoms with E-state index in [2.05, 4.69) is 44.6 Å². The van der Waals surface area contributed by atoms with E-state index in [1.807, 2.05) is 36.4 Å². The fourth-order valence-corrected chi connectivity index (χ4v) is 3.97. The quantitative estimate of drug-likeness (QED) is 0.626. The number of rotatable bonds is 7. The molecule has 1 fully saturated rings. The van der Waals surface area contributed by atoms with E-state index < -0.39 is 0 Å². The third-order valence-corrected chi connectivity index (χ3v) is 5.56. The van der Waals surface area contributed by atoms with E-state index in [4.69, 9.17) is 0 Å². The van der Waals surface area contributed by atoms with E-state index >= 15 is 0 Å². The number of carbonyl (C=O) groups excluding carboxylic acids is 1. The van der Waals surface area contributed by atoms with Crippen molar-refractivity contribution < 1.29 is 4.79 Å². The summed E-state index contributed by atoms with van der Waals surface area (Å²) >= 11 is 1.36. The molecule has 1 unspecified atom stereocenters. The summed E-state index contributed by atoms with van der Waals surface area (Å²) in [6.45, 7) is 2.84. The molecule has 0 bridgehead atoms. The molecule has 0 saturated carbocycles. The Balaban J connectivity index is 1.22. The number of nitrogens with zero attached hydrogens (tertiary/aromatic N) is 4. The summed E-state index contributed by atoms with van der Waals surface area (Å²) in [7, 11) is 0. The van der Waals surface area contributed by atoms with E-state index in [-0.39, 0.29) is 11.9 Å². The zero-order valence-corrected chi connectivity index (χ0v) is 16.4. The van der Waals surface area contributed by atoms with Gasteiger partial charge in [-0.3, -0.25) is 9.69 Å². The second kappa shape index (κ2) is 9.03. The largest absolute Gasteiger partial charge is 0.351 e. The number of para-hydroxylation sites is 1. The molecule has 7 heteroatoms. The average molecular weight is 394 g/mol. The normalized spacial score (nSPS) is 16.9. The van der Waals surface area contributed by atoms with Crippen molar-refractivity contribution in [2.24, 2.45) is 0 Å². The molecule has 4 rings (SSSR count). The molecule has 2 heterocycles. The minimum atomic E-state index is 0.0348. The van der Waals surface area contributed by atoms with Gasteiger partial charge in [-0.25, -0.2) is 9.67 Å². The molecule has 1 aromatic heterocycles. The molecule has 1 aliphatic heterocycles. The molecule has 6 nitrogen and oxygen atoms in total. The van der Waals surface area contributed by atoms with Crippen LogP contribution in [0.4, 0.5) is 0 Å². The van der Waals surface area contributed by atoms with Gasteiger partial charge in [-0.2, -0.15) is 0 Å². The number of nitrogens with one attached hydrogen (secondary N) is 1. The van der Waals surface area contributed by atoms with Gasteiger partial charge in [-0.1, -0.05) is 60.3 Å². The van der Waals surface area contributed by atoms with Gasteiger partial charge >= 0.3 is 0 Å². The first-order valence-corrected chi connectivity index (χ1v) is 10.4. The average Bonchev–Trinajstić information content (AvgIpc) is 3.38. The lowest BCUT2D eigenvalue weighted by atomic mass is 10.2. The van der Waals surface area contributed by atoms with Crippen LogP contribution in [0.15, 0.2) is 72.1 Å². The number of benzene rings is 2. The number of hydrogen-bond acceptors (Lipinski definition) is 5. The Morgan fingerprint density at radius 3 is 2.64 bits per heavy atom. The van der Waals surface area contributed by atoms with Crippen molar-refractivity contribution in [3.8, 4) is 5.69 Å². The third kappa shape index (κ3) is 4.99. The topological polar surface area (TPSA) is 63.1 Å². The fraction of sp³-hybridized carbons (Fsp3) is 0.286. The van der Waals surface area contributed by atoms with E-state index in [1.165, 1.54) is 17.3 Å². The lowest BCUT2D eigenvalue weighted by molar-refractivity contribution is -0.119. The van der Waals surface area contributed by atoms with Crippen LogP contribution in [0.25, 0.3) is 5.69 Å². The third-order valence-electron chi connectivity index (χ3n) is 4.71. The summed E-state index contributed by atoms with van der Waals surface area (Å²) in [5.41, 5.74) is 2.26. The van der Waals surface area contributed by atoms with Crippen molar-refractivity contribution in [2.75, 3.05) is 18.8 Å². The molecule has 1 atom stereocenters. The van der Waals surface area contributed by atoms with Crippen LogP contribution in [-0.2, 0) is 11.3 Å². The van der Waals surface area contributed by atoms with Gasteiger partial charge in [-0.15, -0.1) is 5.10 Å². The highest BCUT2D eigenvalue weighted by Crippen LogP contribution is 2.16. The first-order valence-electron chi connectivity index (χ1n) is 9.42. The Bertz CT molecular complexity index is 899. The van der Waals surface area contributed by atoms with E-state index in [0.717, 1.165) is 31.7 Å². The highest BCUT2D eigenvalue weighted by molar-refractivity contribution is 7.99. The second-order valence-corrected chi connectivity index (χ2v) is 7.81. The Morgan fingerprint density at radius 1 is 1.11 bits per heavy atom. The molecular formula is C21H23N5OS. The van der Waals surface area contributed by atoms with Crippen LogP contribution in [0.1, 0.15) is 12.0 Å². The highest BCUT2D eigenvalue weighted by atomic mass is 32.2. The van der Waals surface area contributed by atoms with Gasteiger partial charge in [0.1, 0.15) is 6.33 Å². The minimum Gasteiger partial charge on any atom is -0.351 e. The second-order valence-electron chi connectivity index (χ2n) is 6.87. The van der Waals surface area contributed by atoms with Crippen LogP contribution in [0, 0.1) is 0 Å². The molecule has 28 heavy (non-hydrogen) atoms. The summed E-state index contributed by atoms with van der Waals surface area (Å²) in [6, 6.07) is 20.5. The van der Waals surface area contributed by atoms with Gasteiger partial charge in [0.15, 0.2) is 0 Å². The van der Waals surface area contributed by atoms with Gasteiger partial charge in [0.2, 0.25) is 11.1 Å². The first-order chi connectivity index (χ1) is 13.8. The minimum absolute atomic E-state index is 0.0348. The van der Waals surface area contributed by atoms with E-state index in [0.29, 0.717) is 10.9 Å². The Hall–Kier alpha value is -2.64. The standard InChI is InChI=1S/C21H23N5OS/c27-20(15-28-21-22-16-26(24-21)19-9-5-2-6-10-19)23-18-11-12-25(14-18)13-17-7-3-1-4-8-17/h1-10,16,18H,11-15H2,(H,23,27). The summed E-state index contributed by atoms with van der Waals surface area (Å²) in [6.07, 6.45) is 2.66. The van der Waals surface area contributed by atoms with Crippen LogP contribution in [0.5, 0.6) is 0 Å². The van der Waals surface area contributed by atoms with Crippen LogP contribution in [0.3, 0.4) is 0 Å². The molecule has 1 amide bonds. The van der Waals surface area contributed by atoms with Crippen molar-refractivity contribution in [1.82, 2.24) is 25.0 Å². The predicted molar refractivity (Wildman–Crippen MR) is 110 cm³/mol. The van der Waals surface area contributed by atoms with Crippen LogP contribution in [-0.4, -0.2) is 50.5 Å². The van der Waals surface area contributed by atoms with Crippen molar-refractivity contribution in [1.29, 1.82) is 0 Å². The molecule has 2 aromatic carbocycles. The number of thioether (sulfide) groups is 1. The van der Waals surface area contributed by atoms with Gasteiger partial charge in [-0.05, 0) is 24.1 Å². The maximum Gasteiger partial charge on any atom is 0.230 e. The van der Waals surface area contributed by atoms with E-state index in [1.54, 1.807) is 11.0 Å². The molecule has 1 saturated heterocycles. The molecule has 3 aromatic rings. The first kappa shape index (κ1) is 18.7.